The molecule has 0 bridgehead atoms. The van der Waals surface area contributed by atoms with Crippen LogP contribution in [-0.4, -0.2) is 29.8 Å². The van der Waals surface area contributed by atoms with Gasteiger partial charge in [0.25, 0.3) is 0 Å². The van der Waals surface area contributed by atoms with Gasteiger partial charge in [-0.1, -0.05) is 0 Å². The number of ether oxygens (including phenoxy) is 1. The Kier molecular flexibility index (Phi) is 5.17. The summed E-state index contributed by atoms with van der Waals surface area (Å²) in [6.45, 7) is 0.412. The van der Waals surface area contributed by atoms with Crippen molar-refractivity contribution in [1.29, 1.82) is 0 Å². The van der Waals surface area contributed by atoms with Crippen LogP contribution in [0.3, 0.4) is 0 Å². The molecule has 0 fully saturated rings. The lowest BCUT2D eigenvalue weighted by atomic mass is 10.0. The number of aromatic nitrogens is 2. The summed E-state index contributed by atoms with van der Waals surface area (Å²) in [4.78, 5) is 13.5. The van der Waals surface area contributed by atoms with Gasteiger partial charge in [-0.25, -0.2) is 0 Å². The van der Waals surface area contributed by atoms with Crippen LogP contribution >= 0.6 is 27.3 Å². The van der Waals surface area contributed by atoms with Crippen molar-refractivity contribution in [2.45, 2.75) is 12.3 Å². The van der Waals surface area contributed by atoms with Crippen molar-refractivity contribution in [3.8, 4) is 5.75 Å². The molecule has 126 valence electrons. The molecule has 6 nitrogen and oxygen atoms in total. The number of H-pyrrole nitrogens is 1. The number of carbonyl (C=O) groups excluding carboxylic acids is 1. The minimum Gasteiger partial charge on any atom is -0.497 e. The van der Waals surface area contributed by atoms with Crippen LogP contribution in [0.25, 0.3) is 10.9 Å². The van der Waals surface area contributed by atoms with Crippen LogP contribution in [0.4, 0.5) is 5.82 Å². The molecule has 1 atom stereocenters. The maximum atomic E-state index is 12.4. The Balaban J connectivity index is 1.74. The summed E-state index contributed by atoms with van der Waals surface area (Å²) in [5.41, 5.74) is 6.67. The fraction of sp³-hybridized carbons (Fsp3) is 0.250. The Hall–Kier alpha value is -1.90. The topological polar surface area (TPSA) is 93.0 Å². The van der Waals surface area contributed by atoms with Crippen LogP contribution < -0.4 is 15.8 Å². The maximum absolute atomic E-state index is 12.4. The second-order valence-electron chi connectivity index (χ2n) is 5.31. The summed E-state index contributed by atoms with van der Waals surface area (Å²) in [5, 5.41) is 10.7. The number of thiophene rings is 1. The maximum Gasteiger partial charge on any atom is 0.226 e. The van der Waals surface area contributed by atoms with Gasteiger partial charge in [0.15, 0.2) is 5.82 Å². The number of methoxy groups -OCH3 is 1. The van der Waals surface area contributed by atoms with Gasteiger partial charge in [0, 0.05) is 29.1 Å². The molecular weight excluding hydrogens is 392 g/mol. The predicted octanol–water partition coefficient (Wildman–Crippen LogP) is 3.47. The van der Waals surface area contributed by atoms with Crippen molar-refractivity contribution in [3.63, 3.8) is 0 Å². The highest BCUT2D eigenvalue weighted by atomic mass is 79.9. The van der Waals surface area contributed by atoms with Crippen LogP contribution in [0.1, 0.15) is 17.2 Å². The average Bonchev–Trinajstić information content (AvgIpc) is 3.19. The third kappa shape index (κ3) is 3.61. The van der Waals surface area contributed by atoms with E-state index in [0.29, 0.717) is 24.5 Å². The van der Waals surface area contributed by atoms with E-state index in [9.17, 15) is 4.79 Å². The Morgan fingerprint density at radius 3 is 2.96 bits per heavy atom. The third-order valence-corrected chi connectivity index (χ3v) is 5.53. The van der Waals surface area contributed by atoms with Crippen molar-refractivity contribution in [2.24, 2.45) is 5.73 Å². The number of nitrogens with two attached hydrogens (primary N) is 1. The standard InChI is InChI=1S/C16H17BrN4O2S/c1-23-10-2-3-12-11(7-10)16(21-20-12)19-15(22)6-9(8-18)13-4-5-14(17)24-13/h2-5,7,9H,6,8,18H2,1H3,(H2,19,20,21,22). The number of hydrogen-bond acceptors (Lipinski definition) is 5. The Morgan fingerprint density at radius 2 is 2.29 bits per heavy atom. The lowest BCUT2D eigenvalue weighted by molar-refractivity contribution is -0.116. The second-order valence-corrected chi connectivity index (χ2v) is 7.81. The zero-order valence-electron chi connectivity index (χ0n) is 13.0. The van der Waals surface area contributed by atoms with Crippen molar-refractivity contribution >= 4 is 49.9 Å². The molecule has 0 radical (unpaired) electrons. The molecule has 2 aromatic heterocycles. The Morgan fingerprint density at radius 1 is 1.46 bits per heavy atom. The van der Waals surface area contributed by atoms with Gasteiger partial charge in [-0.3, -0.25) is 9.89 Å². The number of nitrogens with zero attached hydrogens (tertiary/aromatic N) is 1. The van der Waals surface area contributed by atoms with Crippen LogP contribution in [-0.2, 0) is 4.79 Å². The van der Waals surface area contributed by atoms with Gasteiger partial charge in [-0.05, 0) is 46.3 Å². The number of halogens is 1. The molecule has 8 heteroatoms. The Bertz CT molecular complexity index is 861. The van der Waals surface area contributed by atoms with Crippen LogP contribution in [0, 0.1) is 0 Å². The van der Waals surface area contributed by atoms with Gasteiger partial charge in [0.05, 0.1) is 16.4 Å². The molecule has 1 unspecified atom stereocenters. The SMILES string of the molecule is COc1ccc2[nH]nc(NC(=O)CC(CN)c3ccc(Br)s3)c2c1. The number of nitrogens with one attached hydrogen (secondary N) is 2. The van der Waals surface area contributed by atoms with Crippen molar-refractivity contribution in [1.82, 2.24) is 10.2 Å². The minimum absolute atomic E-state index is 0.0129. The third-order valence-electron chi connectivity index (χ3n) is 3.74. The first-order valence-electron chi connectivity index (χ1n) is 7.38. The van der Waals surface area contributed by atoms with E-state index in [4.69, 9.17) is 10.5 Å². The molecule has 1 aromatic carbocycles. The summed E-state index contributed by atoms with van der Waals surface area (Å²) in [5.74, 6) is 1.08. The van der Waals surface area contributed by atoms with Gasteiger partial charge in [-0.2, -0.15) is 5.10 Å². The van der Waals surface area contributed by atoms with E-state index in [2.05, 4.69) is 31.4 Å². The number of anilines is 1. The number of carbonyl (C=O) groups is 1. The summed E-state index contributed by atoms with van der Waals surface area (Å²) in [7, 11) is 1.60. The zero-order valence-corrected chi connectivity index (χ0v) is 15.4. The van der Waals surface area contributed by atoms with Crippen LogP contribution in [0.15, 0.2) is 34.1 Å². The summed E-state index contributed by atoms with van der Waals surface area (Å²) >= 11 is 5.03. The molecule has 0 saturated carbocycles. The van der Waals surface area contributed by atoms with Crippen molar-refractivity contribution < 1.29 is 9.53 Å². The van der Waals surface area contributed by atoms with E-state index < -0.39 is 0 Å². The molecule has 1 amide bonds. The van der Waals surface area contributed by atoms with E-state index >= 15 is 0 Å². The predicted molar refractivity (Wildman–Crippen MR) is 99.7 cm³/mol. The smallest absolute Gasteiger partial charge is 0.226 e. The number of amides is 1. The lowest BCUT2D eigenvalue weighted by Crippen LogP contribution is -2.20. The van der Waals surface area contributed by atoms with Gasteiger partial charge >= 0.3 is 0 Å². The largest absolute Gasteiger partial charge is 0.497 e. The Labute approximate surface area is 151 Å². The number of benzene rings is 1. The van der Waals surface area contributed by atoms with Gasteiger partial charge in [-0.15, -0.1) is 11.3 Å². The molecule has 0 aliphatic carbocycles. The molecule has 0 saturated heterocycles. The molecule has 0 aliphatic heterocycles. The van der Waals surface area contributed by atoms with Gasteiger partial charge in [0.2, 0.25) is 5.91 Å². The van der Waals surface area contributed by atoms with E-state index in [1.807, 2.05) is 30.3 Å². The summed E-state index contributed by atoms with van der Waals surface area (Å²) in [6, 6.07) is 9.50. The molecule has 3 aromatic rings. The number of rotatable bonds is 6. The fourth-order valence-electron chi connectivity index (χ4n) is 2.47. The molecule has 4 N–H and O–H groups in total. The first-order chi connectivity index (χ1) is 11.6. The van der Waals surface area contributed by atoms with Crippen molar-refractivity contribution in [3.05, 3.63) is 39.0 Å². The first-order valence-corrected chi connectivity index (χ1v) is 8.99. The van der Waals surface area contributed by atoms with Crippen LogP contribution in [0.2, 0.25) is 0 Å². The lowest BCUT2D eigenvalue weighted by Gasteiger charge is -2.12. The van der Waals surface area contributed by atoms with Gasteiger partial charge < -0.3 is 15.8 Å². The molecule has 2 heterocycles. The highest BCUT2D eigenvalue weighted by Gasteiger charge is 2.18. The zero-order chi connectivity index (χ0) is 17.1. The number of hydrogen-bond donors (Lipinski definition) is 3. The number of fused-ring (bicyclic) bond motifs is 1. The fourth-order valence-corrected chi connectivity index (χ4v) is 4.01. The number of aromatic amines is 1. The average molecular weight is 409 g/mol. The monoisotopic (exact) mass is 408 g/mol. The highest BCUT2D eigenvalue weighted by Crippen LogP contribution is 2.31. The summed E-state index contributed by atoms with van der Waals surface area (Å²) < 4.78 is 6.25. The minimum atomic E-state index is -0.119. The van der Waals surface area contributed by atoms with Crippen molar-refractivity contribution in [2.75, 3.05) is 19.0 Å². The van der Waals surface area contributed by atoms with Gasteiger partial charge in [0.1, 0.15) is 5.75 Å². The molecular formula is C16H17BrN4O2S. The molecule has 0 aliphatic rings. The van der Waals surface area contributed by atoms with E-state index in [1.165, 1.54) is 0 Å². The second kappa shape index (κ2) is 7.33. The van der Waals surface area contributed by atoms with E-state index in [1.54, 1.807) is 18.4 Å². The molecule has 3 rings (SSSR count). The summed E-state index contributed by atoms with van der Waals surface area (Å²) in [6.07, 6.45) is 0.307. The molecule has 24 heavy (non-hydrogen) atoms. The van der Waals surface area contributed by atoms with E-state index in [-0.39, 0.29) is 11.8 Å². The highest BCUT2D eigenvalue weighted by molar-refractivity contribution is 9.11. The first kappa shape index (κ1) is 16.9. The normalized spacial score (nSPS) is 12.3. The molecule has 0 spiro atoms. The quantitative estimate of drug-likeness (QED) is 0.581. The van der Waals surface area contributed by atoms with E-state index in [0.717, 1.165) is 19.6 Å². The van der Waals surface area contributed by atoms with Crippen LogP contribution in [0.5, 0.6) is 5.75 Å².